The molecule has 1 aliphatic rings. The molecule has 0 saturated carbocycles. The molecule has 7 heteroatoms. The fourth-order valence-electron chi connectivity index (χ4n) is 2.28. The van der Waals surface area contributed by atoms with Gasteiger partial charge >= 0.3 is 0 Å². The van der Waals surface area contributed by atoms with E-state index in [0.29, 0.717) is 15.0 Å². The first-order chi connectivity index (χ1) is 11.5. The van der Waals surface area contributed by atoms with Gasteiger partial charge in [0, 0.05) is 0 Å². The van der Waals surface area contributed by atoms with Crippen molar-refractivity contribution in [2.45, 2.75) is 0 Å². The summed E-state index contributed by atoms with van der Waals surface area (Å²) in [5, 5.41) is 0. The zero-order chi connectivity index (χ0) is 17.3. The normalized spacial score (nSPS) is 16.1. The molecule has 2 aromatic rings. The Morgan fingerprint density at radius 2 is 1.79 bits per heavy atom. The number of rotatable bonds is 3. The highest BCUT2D eigenvalue weighted by Gasteiger charge is 2.33. The summed E-state index contributed by atoms with van der Waals surface area (Å²) in [4.78, 5) is 14.9. The molecular weight excluding hydrogens is 474 g/mol. The van der Waals surface area contributed by atoms with Crippen LogP contribution in [0.3, 0.4) is 0 Å². The lowest BCUT2D eigenvalue weighted by Crippen LogP contribution is -2.27. The lowest BCUT2D eigenvalue weighted by Gasteiger charge is -2.13. The number of amides is 1. The number of ether oxygens (including phenoxy) is 1. The van der Waals surface area contributed by atoms with Crippen LogP contribution in [0.2, 0.25) is 0 Å². The van der Waals surface area contributed by atoms with E-state index < -0.39 is 0 Å². The van der Waals surface area contributed by atoms with Crippen LogP contribution in [0.1, 0.15) is 5.56 Å². The molecule has 1 amide bonds. The second-order valence-corrected chi connectivity index (χ2v) is 8.25. The van der Waals surface area contributed by atoms with Crippen LogP contribution in [0.15, 0.2) is 56.3 Å². The van der Waals surface area contributed by atoms with Crippen molar-refractivity contribution in [1.82, 2.24) is 0 Å². The fraction of sp³-hybridized carbons (Fsp3) is 0.0588. The number of methoxy groups -OCH3 is 1. The van der Waals surface area contributed by atoms with Gasteiger partial charge in [0.05, 0.1) is 26.6 Å². The van der Waals surface area contributed by atoms with Crippen molar-refractivity contribution >= 4 is 77.8 Å². The van der Waals surface area contributed by atoms with Crippen LogP contribution in [0.4, 0.5) is 5.69 Å². The third-order valence-electron chi connectivity index (χ3n) is 3.33. The van der Waals surface area contributed by atoms with Gasteiger partial charge in [0.15, 0.2) is 4.32 Å². The van der Waals surface area contributed by atoms with Crippen LogP contribution in [-0.4, -0.2) is 17.3 Å². The Balaban J connectivity index is 1.95. The summed E-state index contributed by atoms with van der Waals surface area (Å²) in [7, 11) is 1.61. The summed E-state index contributed by atoms with van der Waals surface area (Å²) in [5.41, 5.74) is 1.66. The Labute approximate surface area is 166 Å². The Hall–Kier alpha value is -1.15. The summed E-state index contributed by atoms with van der Waals surface area (Å²) in [6.07, 6.45) is 1.83. The number of thiocarbonyl (C=S) groups is 1. The molecular formula is C17H11Br2NO2S2. The monoisotopic (exact) mass is 483 g/mol. The van der Waals surface area contributed by atoms with Gasteiger partial charge in [0.1, 0.15) is 5.75 Å². The van der Waals surface area contributed by atoms with E-state index in [1.807, 2.05) is 48.5 Å². The molecule has 0 unspecified atom stereocenters. The van der Waals surface area contributed by atoms with Gasteiger partial charge < -0.3 is 4.74 Å². The maximum atomic E-state index is 12.7. The summed E-state index contributed by atoms with van der Waals surface area (Å²) in [6.45, 7) is 0. The van der Waals surface area contributed by atoms with E-state index in [9.17, 15) is 4.79 Å². The van der Waals surface area contributed by atoms with Gasteiger partial charge in [-0.25, -0.2) is 0 Å². The molecule has 1 saturated heterocycles. The molecule has 0 spiro atoms. The van der Waals surface area contributed by atoms with Crippen molar-refractivity contribution in [3.8, 4) is 5.75 Å². The fourth-order valence-corrected chi connectivity index (χ4v) is 5.12. The van der Waals surface area contributed by atoms with E-state index in [4.69, 9.17) is 17.0 Å². The molecule has 0 atom stereocenters. The summed E-state index contributed by atoms with van der Waals surface area (Å²) >= 11 is 13.6. The average molecular weight is 485 g/mol. The third-order valence-corrected chi connectivity index (χ3v) is 5.81. The summed E-state index contributed by atoms with van der Waals surface area (Å²) < 4.78 is 7.45. The highest BCUT2D eigenvalue weighted by molar-refractivity contribution is 9.11. The molecule has 0 N–H and O–H groups in total. The SMILES string of the molecule is COc1c(Br)cc(C=C2SC(=S)N(c3ccccc3)C2=O)cc1Br. The van der Waals surface area contributed by atoms with Crippen molar-refractivity contribution in [3.05, 3.63) is 61.9 Å². The number of benzene rings is 2. The number of halogens is 2. The topological polar surface area (TPSA) is 29.5 Å². The molecule has 1 aliphatic heterocycles. The van der Waals surface area contributed by atoms with Gasteiger partial charge in [-0.1, -0.05) is 42.2 Å². The quantitative estimate of drug-likeness (QED) is 0.417. The zero-order valence-corrected chi connectivity index (χ0v) is 17.3. The molecule has 3 nitrogen and oxygen atoms in total. The van der Waals surface area contributed by atoms with Crippen molar-refractivity contribution in [3.63, 3.8) is 0 Å². The van der Waals surface area contributed by atoms with Crippen LogP contribution in [-0.2, 0) is 4.79 Å². The van der Waals surface area contributed by atoms with E-state index in [1.165, 1.54) is 11.8 Å². The molecule has 0 aromatic heterocycles. The molecule has 24 heavy (non-hydrogen) atoms. The Morgan fingerprint density at radius 3 is 2.38 bits per heavy atom. The van der Waals surface area contributed by atoms with Gasteiger partial charge in [-0.15, -0.1) is 0 Å². The Bertz CT molecular complexity index is 830. The van der Waals surface area contributed by atoms with Crippen LogP contribution in [0, 0.1) is 0 Å². The van der Waals surface area contributed by atoms with Crippen LogP contribution in [0.5, 0.6) is 5.75 Å². The van der Waals surface area contributed by atoms with Gasteiger partial charge in [-0.2, -0.15) is 0 Å². The highest BCUT2D eigenvalue weighted by Crippen LogP contribution is 2.38. The van der Waals surface area contributed by atoms with Gasteiger partial charge in [0.2, 0.25) is 0 Å². The first-order valence-corrected chi connectivity index (χ1v) is 9.68. The molecule has 1 fully saturated rings. The minimum atomic E-state index is -0.112. The first-order valence-electron chi connectivity index (χ1n) is 6.87. The molecule has 2 aromatic carbocycles. The van der Waals surface area contributed by atoms with E-state index >= 15 is 0 Å². The molecule has 1 heterocycles. The number of anilines is 1. The first kappa shape index (κ1) is 17.7. The highest BCUT2D eigenvalue weighted by atomic mass is 79.9. The number of nitrogens with zero attached hydrogens (tertiary/aromatic N) is 1. The number of carbonyl (C=O) groups excluding carboxylic acids is 1. The van der Waals surface area contributed by atoms with Crippen LogP contribution in [0.25, 0.3) is 6.08 Å². The van der Waals surface area contributed by atoms with Gasteiger partial charge in [-0.3, -0.25) is 9.69 Å². The van der Waals surface area contributed by atoms with Crippen LogP contribution >= 0.6 is 55.8 Å². The lowest BCUT2D eigenvalue weighted by atomic mass is 10.2. The molecule has 0 bridgehead atoms. The summed E-state index contributed by atoms with van der Waals surface area (Å²) in [6, 6.07) is 13.2. The molecule has 3 rings (SSSR count). The predicted molar refractivity (Wildman–Crippen MR) is 110 cm³/mol. The second-order valence-electron chi connectivity index (χ2n) is 4.87. The Morgan fingerprint density at radius 1 is 1.17 bits per heavy atom. The van der Waals surface area contributed by atoms with E-state index in [2.05, 4.69) is 31.9 Å². The van der Waals surface area contributed by atoms with Crippen molar-refractivity contribution < 1.29 is 9.53 Å². The number of hydrogen-bond donors (Lipinski definition) is 0. The summed E-state index contributed by atoms with van der Waals surface area (Å²) in [5.74, 6) is 0.600. The van der Waals surface area contributed by atoms with Crippen LogP contribution < -0.4 is 9.64 Å². The van der Waals surface area contributed by atoms with E-state index in [1.54, 1.807) is 12.0 Å². The molecule has 0 aliphatic carbocycles. The molecule has 0 radical (unpaired) electrons. The standard InChI is InChI=1S/C17H11Br2NO2S2/c1-22-15-12(18)7-10(8-13(15)19)9-14-16(21)20(17(23)24-14)11-5-3-2-4-6-11/h2-9H,1H3. The zero-order valence-electron chi connectivity index (χ0n) is 12.5. The van der Waals surface area contributed by atoms with Gasteiger partial charge in [-0.05, 0) is 67.8 Å². The number of thioether (sulfide) groups is 1. The number of hydrogen-bond acceptors (Lipinski definition) is 4. The minimum absolute atomic E-state index is 0.112. The number of para-hydroxylation sites is 1. The number of carbonyl (C=O) groups is 1. The van der Waals surface area contributed by atoms with Crippen molar-refractivity contribution in [2.24, 2.45) is 0 Å². The van der Waals surface area contributed by atoms with E-state index in [-0.39, 0.29) is 5.91 Å². The van der Waals surface area contributed by atoms with Crippen molar-refractivity contribution in [2.75, 3.05) is 12.0 Å². The molecule has 122 valence electrons. The smallest absolute Gasteiger partial charge is 0.270 e. The maximum absolute atomic E-state index is 12.7. The van der Waals surface area contributed by atoms with Gasteiger partial charge in [0.25, 0.3) is 5.91 Å². The second kappa shape index (κ2) is 7.39. The third kappa shape index (κ3) is 3.44. The minimum Gasteiger partial charge on any atom is -0.494 e. The van der Waals surface area contributed by atoms with Crippen molar-refractivity contribution in [1.29, 1.82) is 0 Å². The maximum Gasteiger partial charge on any atom is 0.270 e. The largest absolute Gasteiger partial charge is 0.494 e. The predicted octanol–water partition coefficient (Wildman–Crippen LogP) is 5.63. The average Bonchev–Trinajstić information content (AvgIpc) is 2.82. The lowest BCUT2D eigenvalue weighted by molar-refractivity contribution is -0.113. The Kier molecular flexibility index (Phi) is 5.44. The van der Waals surface area contributed by atoms with E-state index in [0.717, 1.165) is 20.2 Å².